The highest BCUT2D eigenvalue weighted by Gasteiger charge is 2.16. The van der Waals surface area contributed by atoms with Gasteiger partial charge < -0.3 is 0 Å². The van der Waals surface area contributed by atoms with Crippen molar-refractivity contribution in [2.45, 2.75) is 0 Å². The van der Waals surface area contributed by atoms with Crippen LogP contribution in [0.2, 0.25) is 5.02 Å². The lowest BCUT2D eigenvalue weighted by molar-refractivity contribution is 1.03. The molecule has 0 aliphatic rings. The minimum atomic E-state index is -0.0829. The van der Waals surface area contributed by atoms with Gasteiger partial charge in [0, 0.05) is 22.5 Å². The number of fused-ring (bicyclic) bond motifs is 2. The fourth-order valence-corrected chi connectivity index (χ4v) is 3.48. The summed E-state index contributed by atoms with van der Waals surface area (Å²) in [5.74, 6) is 0.569. The SMILES string of the molecule is O=c1c2ccccc2nc2n(-c3ccc(Cl)cc3)c(-c3ccccc3)cn12. The van der Waals surface area contributed by atoms with E-state index in [0.717, 1.165) is 16.9 Å². The maximum Gasteiger partial charge on any atom is 0.266 e. The molecule has 2 aromatic heterocycles. The van der Waals surface area contributed by atoms with Gasteiger partial charge in [-0.25, -0.2) is 4.98 Å². The Morgan fingerprint density at radius 3 is 2.30 bits per heavy atom. The van der Waals surface area contributed by atoms with E-state index in [9.17, 15) is 4.79 Å². The summed E-state index contributed by atoms with van der Waals surface area (Å²) in [6, 6.07) is 24.9. The maximum atomic E-state index is 13.1. The third-order valence-corrected chi connectivity index (χ3v) is 4.89. The summed E-state index contributed by atoms with van der Waals surface area (Å²) in [6.45, 7) is 0. The molecule has 0 saturated heterocycles. The topological polar surface area (TPSA) is 39.3 Å². The van der Waals surface area contributed by atoms with Gasteiger partial charge >= 0.3 is 0 Å². The summed E-state index contributed by atoms with van der Waals surface area (Å²) in [7, 11) is 0. The smallest absolute Gasteiger partial charge is 0.266 e. The Labute approximate surface area is 159 Å². The van der Waals surface area contributed by atoms with Crippen LogP contribution in [0.5, 0.6) is 0 Å². The number of hydrogen-bond donors (Lipinski definition) is 0. The molecule has 0 N–H and O–H groups in total. The molecule has 3 aromatic carbocycles. The van der Waals surface area contributed by atoms with Gasteiger partial charge in [0.05, 0.1) is 16.6 Å². The van der Waals surface area contributed by atoms with E-state index in [4.69, 9.17) is 16.6 Å². The molecule has 0 fully saturated rings. The fourth-order valence-electron chi connectivity index (χ4n) is 3.35. The van der Waals surface area contributed by atoms with Crippen molar-refractivity contribution in [3.63, 3.8) is 0 Å². The van der Waals surface area contributed by atoms with Gasteiger partial charge in [0.25, 0.3) is 5.56 Å². The average molecular weight is 372 g/mol. The van der Waals surface area contributed by atoms with Gasteiger partial charge in [0.1, 0.15) is 0 Å². The first-order chi connectivity index (χ1) is 13.2. The van der Waals surface area contributed by atoms with E-state index in [1.165, 1.54) is 0 Å². The minimum Gasteiger partial charge on any atom is -0.278 e. The van der Waals surface area contributed by atoms with Crippen molar-refractivity contribution in [3.05, 3.63) is 100 Å². The van der Waals surface area contributed by atoms with Gasteiger partial charge in [-0.1, -0.05) is 54.1 Å². The van der Waals surface area contributed by atoms with Crippen molar-refractivity contribution in [3.8, 4) is 16.9 Å². The zero-order chi connectivity index (χ0) is 18.4. The zero-order valence-corrected chi connectivity index (χ0v) is 15.0. The van der Waals surface area contributed by atoms with Crippen molar-refractivity contribution in [1.82, 2.24) is 14.0 Å². The number of imidazole rings is 1. The summed E-state index contributed by atoms with van der Waals surface area (Å²) in [4.78, 5) is 17.8. The standard InChI is InChI=1S/C22H14ClN3O/c23-16-10-12-17(13-11-16)26-20(15-6-2-1-3-7-15)14-25-21(27)18-8-4-5-9-19(18)24-22(25)26/h1-14H. The van der Waals surface area contributed by atoms with Gasteiger partial charge in [-0.05, 0) is 36.4 Å². The Morgan fingerprint density at radius 2 is 1.52 bits per heavy atom. The van der Waals surface area contributed by atoms with E-state index in [1.54, 1.807) is 10.5 Å². The monoisotopic (exact) mass is 371 g/mol. The van der Waals surface area contributed by atoms with Gasteiger partial charge in [-0.15, -0.1) is 0 Å². The molecule has 0 amide bonds. The van der Waals surface area contributed by atoms with Crippen LogP contribution >= 0.6 is 11.6 Å². The molecule has 0 radical (unpaired) electrons. The van der Waals surface area contributed by atoms with Crippen LogP contribution in [0.3, 0.4) is 0 Å². The second-order valence-electron chi connectivity index (χ2n) is 6.30. The largest absolute Gasteiger partial charge is 0.278 e. The van der Waals surface area contributed by atoms with Gasteiger partial charge in [-0.3, -0.25) is 13.8 Å². The summed E-state index contributed by atoms with van der Waals surface area (Å²) in [6.07, 6.45) is 1.85. The van der Waals surface area contributed by atoms with Crippen LogP contribution in [0.1, 0.15) is 0 Å². The number of rotatable bonds is 2. The molecule has 0 saturated carbocycles. The first-order valence-electron chi connectivity index (χ1n) is 8.56. The average Bonchev–Trinajstić information content (AvgIpc) is 3.09. The van der Waals surface area contributed by atoms with Crippen molar-refractivity contribution in [1.29, 1.82) is 0 Å². The Bertz CT molecular complexity index is 1340. The molecule has 0 aliphatic heterocycles. The van der Waals surface area contributed by atoms with Gasteiger partial charge in [-0.2, -0.15) is 0 Å². The molecule has 4 nitrogen and oxygen atoms in total. The van der Waals surface area contributed by atoms with Crippen molar-refractivity contribution in [2.75, 3.05) is 0 Å². The van der Waals surface area contributed by atoms with E-state index in [2.05, 4.69) is 0 Å². The predicted molar refractivity (Wildman–Crippen MR) is 109 cm³/mol. The quantitative estimate of drug-likeness (QED) is 0.440. The number of benzene rings is 3. The van der Waals surface area contributed by atoms with E-state index < -0.39 is 0 Å². The minimum absolute atomic E-state index is 0.0829. The predicted octanol–water partition coefficient (Wildman–Crippen LogP) is 4.96. The van der Waals surface area contributed by atoms with E-state index in [-0.39, 0.29) is 5.56 Å². The molecule has 0 bridgehead atoms. The van der Waals surface area contributed by atoms with Crippen LogP contribution in [0, 0.1) is 0 Å². The first kappa shape index (κ1) is 15.9. The lowest BCUT2D eigenvalue weighted by Gasteiger charge is -2.10. The Morgan fingerprint density at radius 1 is 0.815 bits per heavy atom. The molecule has 0 unspecified atom stereocenters. The number of halogens is 1. The third-order valence-electron chi connectivity index (χ3n) is 4.64. The third kappa shape index (κ3) is 2.54. The maximum absolute atomic E-state index is 13.1. The van der Waals surface area contributed by atoms with Crippen LogP contribution in [0.25, 0.3) is 33.6 Å². The second-order valence-corrected chi connectivity index (χ2v) is 6.73. The Balaban J connectivity index is 1.94. The van der Waals surface area contributed by atoms with Crippen LogP contribution in [-0.4, -0.2) is 14.0 Å². The first-order valence-corrected chi connectivity index (χ1v) is 8.94. The summed E-state index contributed by atoms with van der Waals surface area (Å²) < 4.78 is 3.60. The van der Waals surface area contributed by atoms with Crippen LogP contribution in [-0.2, 0) is 0 Å². The molecular formula is C22H14ClN3O. The highest BCUT2D eigenvalue weighted by atomic mass is 35.5. The molecular weight excluding hydrogens is 358 g/mol. The molecule has 0 aliphatic carbocycles. The molecule has 2 heterocycles. The second kappa shape index (κ2) is 6.11. The Hall–Kier alpha value is -3.37. The molecule has 0 atom stereocenters. The van der Waals surface area contributed by atoms with Crippen molar-refractivity contribution < 1.29 is 0 Å². The lowest BCUT2D eigenvalue weighted by atomic mass is 10.1. The number of para-hydroxylation sites is 1. The van der Waals surface area contributed by atoms with E-state index in [1.807, 2.05) is 83.6 Å². The van der Waals surface area contributed by atoms with E-state index >= 15 is 0 Å². The summed E-state index contributed by atoms with van der Waals surface area (Å²) >= 11 is 6.07. The number of nitrogens with zero attached hydrogens (tertiary/aromatic N) is 3. The van der Waals surface area contributed by atoms with Crippen LogP contribution in [0.4, 0.5) is 0 Å². The molecule has 5 rings (SSSR count). The van der Waals surface area contributed by atoms with Gasteiger partial charge in [0.15, 0.2) is 0 Å². The normalized spacial score (nSPS) is 11.3. The molecule has 130 valence electrons. The summed E-state index contributed by atoms with van der Waals surface area (Å²) in [5, 5.41) is 1.26. The van der Waals surface area contributed by atoms with E-state index in [0.29, 0.717) is 21.7 Å². The highest BCUT2D eigenvalue weighted by Crippen LogP contribution is 2.27. The van der Waals surface area contributed by atoms with Crippen LogP contribution < -0.4 is 5.56 Å². The summed E-state index contributed by atoms with van der Waals surface area (Å²) in [5.41, 5.74) is 3.37. The number of aromatic nitrogens is 3. The highest BCUT2D eigenvalue weighted by molar-refractivity contribution is 6.30. The number of hydrogen-bond acceptors (Lipinski definition) is 2. The molecule has 5 heteroatoms. The Kier molecular flexibility index (Phi) is 3.59. The van der Waals surface area contributed by atoms with Crippen molar-refractivity contribution in [2.24, 2.45) is 0 Å². The van der Waals surface area contributed by atoms with Crippen molar-refractivity contribution >= 4 is 28.3 Å². The lowest BCUT2D eigenvalue weighted by Crippen LogP contribution is -2.14. The zero-order valence-electron chi connectivity index (χ0n) is 14.2. The molecule has 27 heavy (non-hydrogen) atoms. The molecule has 5 aromatic rings. The van der Waals surface area contributed by atoms with Gasteiger partial charge in [0.2, 0.25) is 5.78 Å². The van der Waals surface area contributed by atoms with Crippen LogP contribution in [0.15, 0.2) is 89.9 Å². The molecule has 0 spiro atoms. The fraction of sp³-hybridized carbons (Fsp3) is 0.